The first-order valence-corrected chi connectivity index (χ1v) is 9.84. The van der Waals surface area contributed by atoms with E-state index in [2.05, 4.69) is 31.5 Å². The zero-order chi connectivity index (χ0) is 18.5. The zero-order valence-electron chi connectivity index (χ0n) is 14.7. The quantitative estimate of drug-likeness (QED) is 0.651. The second-order valence-electron chi connectivity index (χ2n) is 6.32. The van der Waals surface area contributed by atoms with E-state index < -0.39 is 0 Å². The van der Waals surface area contributed by atoms with Crippen molar-refractivity contribution in [1.82, 2.24) is 25.4 Å². The summed E-state index contributed by atoms with van der Waals surface area (Å²) in [6, 6.07) is 3.66. The molecule has 7 nitrogen and oxygen atoms in total. The summed E-state index contributed by atoms with van der Waals surface area (Å²) in [5.41, 5.74) is 2.70. The van der Waals surface area contributed by atoms with Crippen LogP contribution in [0.3, 0.4) is 0 Å². The van der Waals surface area contributed by atoms with E-state index in [0.717, 1.165) is 24.8 Å². The van der Waals surface area contributed by atoms with Gasteiger partial charge < -0.3 is 9.84 Å². The van der Waals surface area contributed by atoms with Crippen LogP contribution in [0.25, 0.3) is 23.0 Å². The van der Waals surface area contributed by atoms with Crippen molar-refractivity contribution in [2.45, 2.75) is 32.1 Å². The average molecular weight is 381 g/mol. The minimum atomic E-state index is -0.172. The normalized spacial score (nSPS) is 14.0. The number of hydrogen-bond acceptors (Lipinski definition) is 7. The highest BCUT2D eigenvalue weighted by molar-refractivity contribution is 7.12. The fourth-order valence-corrected chi connectivity index (χ4v) is 3.67. The largest absolute Gasteiger partial charge is 0.350 e. The summed E-state index contributed by atoms with van der Waals surface area (Å²) >= 11 is 1.27. The Hall–Kier alpha value is -2.87. The Labute approximate surface area is 160 Å². The number of aromatic nitrogens is 4. The molecule has 0 aliphatic heterocycles. The van der Waals surface area contributed by atoms with Crippen LogP contribution in [0, 0.1) is 0 Å². The molecule has 1 aliphatic carbocycles. The number of nitrogens with zero attached hydrogens (tertiary/aromatic N) is 4. The number of carbonyl (C=O) groups is 1. The molecule has 8 heteroatoms. The Morgan fingerprint density at radius 2 is 2.26 bits per heavy atom. The first-order chi connectivity index (χ1) is 13.3. The average Bonchev–Trinajstić information content (AvgIpc) is 3.39. The molecule has 3 heterocycles. The van der Waals surface area contributed by atoms with Gasteiger partial charge in [-0.15, -0.1) is 11.3 Å². The van der Waals surface area contributed by atoms with E-state index in [1.165, 1.54) is 29.8 Å². The maximum atomic E-state index is 12.3. The molecule has 1 aliphatic rings. The fourth-order valence-electron chi connectivity index (χ4n) is 2.96. The molecule has 0 fully saturated rings. The second-order valence-corrected chi connectivity index (χ2v) is 7.17. The van der Waals surface area contributed by atoms with Crippen molar-refractivity contribution in [3.8, 4) is 23.0 Å². The lowest BCUT2D eigenvalue weighted by Crippen LogP contribution is -2.24. The summed E-state index contributed by atoms with van der Waals surface area (Å²) in [4.78, 5) is 25.0. The van der Waals surface area contributed by atoms with Gasteiger partial charge in [0.2, 0.25) is 5.82 Å². The number of pyridine rings is 1. The topological polar surface area (TPSA) is 93.8 Å². The van der Waals surface area contributed by atoms with Crippen LogP contribution in [0.4, 0.5) is 0 Å². The van der Waals surface area contributed by atoms with E-state index in [1.807, 2.05) is 6.07 Å². The molecule has 27 heavy (non-hydrogen) atoms. The summed E-state index contributed by atoms with van der Waals surface area (Å²) in [5, 5.41) is 9.03. The number of amides is 1. The van der Waals surface area contributed by atoms with Crippen LogP contribution in [0.2, 0.25) is 0 Å². The highest BCUT2D eigenvalue weighted by Gasteiger charge is 2.17. The van der Waals surface area contributed by atoms with E-state index in [1.54, 1.807) is 23.8 Å². The molecule has 0 atom stereocenters. The van der Waals surface area contributed by atoms with Crippen molar-refractivity contribution in [2.24, 2.45) is 0 Å². The minimum Gasteiger partial charge on any atom is -0.350 e. The maximum absolute atomic E-state index is 12.3. The summed E-state index contributed by atoms with van der Waals surface area (Å²) in [6.45, 7) is 0.630. The molecular weight excluding hydrogens is 362 g/mol. The Balaban J connectivity index is 1.37. The molecule has 1 N–H and O–H groups in total. The molecule has 0 aromatic carbocycles. The lowest BCUT2D eigenvalue weighted by molar-refractivity contribution is 0.0953. The van der Waals surface area contributed by atoms with Crippen molar-refractivity contribution in [3.63, 3.8) is 0 Å². The van der Waals surface area contributed by atoms with Gasteiger partial charge in [-0.2, -0.15) is 4.98 Å². The molecule has 0 saturated carbocycles. The fraction of sp³-hybridized carbons (Fsp3) is 0.316. The molecule has 138 valence electrons. The molecule has 3 aromatic rings. The first kappa shape index (κ1) is 17.5. The predicted molar refractivity (Wildman–Crippen MR) is 102 cm³/mol. The van der Waals surface area contributed by atoms with Crippen molar-refractivity contribution >= 4 is 17.2 Å². The van der Waals surface area contributed by atoms with Crippen LogP contribution < -0.4 is 5.32 Å². The summed E-state index contributed by atoms with van der Waals surface area (Å²) in [7, 11) is 0. The van der Waals surface area contributed by atoms with Gasteiger partial charge in [0.15, 0.2) is 5.01 Å². The Kier molecular flexibility index (Phi) is 5.34. The second kappa shape index (κ2) is 8.22. The lowest BCUT2D eigenvalue weighted by atomic mass is 9.97. The molecule has 0 unspecified atom stereocenters. The van der Waals surface area contributed by atoms with Gasteiger partial charge in [-0.3, -0.25) is 9.78 Å². The molecule has 0 saturated heterocycles. The zero-order valence-corrected chi connectivity index (χ0v) is 15.5. The van der Waals surface area contributed by atoms with E-state index in [-0.39, 0.29) is 11.8 Å². The van der Waals surface area contributed by atoms with Gasteiger partial charge >= 0.3 is 0 Å². The summed E-state index contributed by atoms with van der Waals surface area (Å²) in [5.74, 6) is 0.559. The number of carbonyl (C=O) groups excluding carboxylic acids is 1. The minimum absolute atomic E-state index is 0.172. The van der Waals surface area contributed by atoms with Gasteiger partial charge in [0, 0.05) is 29.9 Å². The van der Waals surface area contributed by atoms with Crippen LogP contribution in [0.5, 0.6) is 0 Å². The number of nitrogens with one attached hydrogen (secondary N) is 1. The van der Waals surface area contributed by atoms with E-state index in [0.29, 0.717) is 23.1 Å². The molecule has 0 bridgehead atoms. The van der Waals surface area contributed by atoms with E-state index in [4.69, 9.17) is 4.52 Å². The molecule has 3 aromatic heterocycles. The van der Waals surface area contributed by atoms with Gasteiger partial charge in [0.1, 0.15) is 5.69 Å². The van der Waals surface area contributed by atoms with Gasteiger partial charge in [0.25, 0.3) is 11.8 Å². The lowest BCUT2D eigenvalue weighted by Gasteiger charge is -2.12. The SMILES string of the molecule is O=C(NCCC1=CCCCC1)c1nc(-c2nc(-c3cccnc3)no2)cs1. The molecule has 1 amide bonds. The highest BCUT2D eigenvalue weighted by atomic mass is 32.1. The van der Waals surface area contributed by atoms with Crippen molar-refractivity contribution in [2.75, 3.05) is 6.54 Å². The molecule has 4 rings (SSSR count). The maximum Gasteiger partial charge on any atom is 0.280 e. The van der Waals surface area contributed by atoms with Crippen LogP contribution >= 0.6 is 11.3 Å². The van der Waals surface area contributed by atoms with Crippen molar-refractivity contribution in [3.05, 3.63) is 46.6 Å². The van der Waals surface area contributed by atoms with Crippen LogP contribution in [-0.2, 0) is 0 Å². The van der Waals surface area contributed by atoms with Crippen molar-refractivity contribution < 1.29 is 9.32 Å². The number of thiazole rings is 1. The standard InChI is InChI=1S/C19H19N5O2S/c25-17(21-10-8-13-5-2-1-3-6-13)19-22-15(12-27-19)18-23-16(24-26-18)14-7-4-9-20-11-14/h4-5,7,9,11-12H,1-3,6,8,10H2,(H,21,25). The van der Waals surface area contributed by atoms with Gasteiger partial charge in [0.05, 0.1) is 0 Å². The molecule has 0 spiro atoms. The summed E-state index contributed by atoms with van der Waals surface area (Å²) < 4.78 is 5.27. The highest BCUT2D eigenvalue weighted by Crippen LogP contribution is 2.23. The monoisotopic (exact) mass is 381 g/mol. The van der Waals surface area contributed by atoms with Crippen molar-refractivity contribution in [1.29, 1.82) is 0 Å². The van der Waals surface area contributed by atoms with Gasteiger partial charge in [-0.25, -0.2) is 4.98 Å². The Morgan fingerprint density at radius 3 is 3.07 bits per heavy atom. The third kappa shape index (κ3) is 4.28. The van der Waals surface area contributed by atoms with E-state index >= 15 is 0 Å². The van der Waals surface area contributed by atoms with Gasteiger partial charge in [-0.1, -0.05) is 16.8 Å². The smallest absolute Gasteiger partial charge is 0.280 e. The van der Waals surface area contributed by atoms with Gasteiger partial charge in [-0.05, 0) is 44.2 Å². The Morgan fingerprint density at radius 1 is 1.30 bits per heavy atom. The first-order valence-electron chi connectivity index (χ1n) is 8.96. The van der Waals surface area contributed by atoms with Crippen LogP contribution in [0.15, 0.2) is 46.1 Å². The Bertz CT molecular complexity index is 948. The number of hydrogen-bond donors (Lipinski definition) is 1. The molecule has 0 radical (unpaired) electrons. The number of allylic oxidation sites excluding steroid dienone is 1. The third-order valence-corrected chi connectivity index (χ3v) is 5.22. The van der Waals surface area contributed by atoms with Crippen LogP contribution in [0.1, 0.15) is 41.9 Å². The molecular formula is C19H19N5O2S. The third-order valence-electron chi connectivity index (χ3n) is 4.38. The predicted octanol–water partition coefficient (Wildman–Crippen LogP) is 3.88. The van der Waals surface area contributed by atoms with Crippen LogP contribution in [-0.4, -0.2) is 32.6 Å². The summed E-state index contributed by atoms with van der Waals surface area (Å²) in [6.07, 6.45) is 11.4. The number of rotatable bonds is 6. The van der Waals surface area contributed by atoms with E-state index in [9.17, 15) is 4.79 Å².